The number of hydrogen-bond donors (Lipinski definition) is 1. The van der Waals surface area contributed by atoms with E-state index in [2.05, 4.69) is 5.32 Å². The Balaban J connectivity index is 1.61. The maximum atomic E-state index is 13.1. The molecular formula is C26H28Cl2N4O2. The number of amides is 2. The van der Waals surface area contributed by atoms with Crippen molar-refractivity contribution in [2.75, 3.05) is 18.4 Å². The summed E-state index contributed by atoms with van der Waals surface area (Å²) < 4.78 is 1.63. The molecule has 1 fully saturated rings. The van der Waals surface area contributed by atoms with Gasteiger partial charge in [-0.05, 0) is 37.0 Å². The number of carbonyl (C=O) groups is 2. The topological polar surface area (TPSA) is 67.2 Å². The van der Waals surface area contributed by atoms with Gasteiger partial charge < -0.3 is 10.2 Å². The number of nitrogens with one attached hydrogen (secondary N) is 1. The molecule has 8 heteroatoms. The lowest BCUT2D eigenvalue weighted by Gasteiger charge is -2.32. The Labute approximate surface area is 209 Å². The van der Waals surface area contributed by atoms with Crippen LogP contribution >= 0.6 is 23.2 Å². The first-order valence-electron chi connectivity index (χ1n) is 11.5. The van der Waals surface area contributed by atoms with Crippen LogP contribution in [0.1, 0.15) is 33.1 Å². The molecule has 2 amide bonds. The molecule has 3 aromatic rings. The molecule has 1 aromatic heterocycles. The fourth-order valence-corrected chi connectivity index (χ4v) is 4.27. The van der Waals surface area contributed by atoms with Crippen LogP contribution in [0.2, 0.25) is 10.0 Å². The van der Waals surface area contributed by atoms with Gasteiger partial charge in [-0.25, -0.2) is 4.68 Å². The van der Waals surface area contributed by atoms with Crippen molar-refractivity contribution in [3.63, 3.8) is 0 Å². The van der Waals surface area contributed by atoms with E-state index in [1.165, 1.54) is 0 Å². The number of anilines is 1. The Morgan fingerprint density at radius 2 is 1.82 bits per heavy atom. The van der Waals surface area contributed by atoms with E-state index in [9.17, 15) is 9.59 Å². The zero-order valence-corrected chi connectivity index (χ0v) is 20.8. The number of halogens is 2. The number of aromatic nitrogens is 2. The van der Waals surface area contributed by atoms with Crippen molar-refractivity contribution >= 4 is 40.8 Å². The Morgan fingerprint density at radius 1 is 1.09 bits per heavy atom. The highest BCUT2D eigenvalue weighted by atomic mass is 35.5. The zero-order valence-electron chi connectivity index (χ0n) is 19.3. The molecule has 34 heavy (non-hydrogen) atoms. The summed E-state index contributed by atoms with van der Waals surface area (Å²) in [6, 6.07) is 16.7. The lowest BCUT2D eigenvalue weighted by molar-refractivity contribution is -0.141. The quantitative estimate of drug-likeness (QED) is 0.409. The fourth-order valence-electron chi connectivity index (χ4n) is 3.98. The third-order valence-corrected chi connectivity index (χ3v) is 6.62. The number of benzene rings is 2. The first-order chi connectivity index (χ1) is 16.3. The minimum atomic E-state index is -0.269. The molecule has 6 nitrogen and oxygen atoms in total. The normalized spacial score (nSPS) is 13.6. The Bertz CT molecular complexity index is 1170. The van der Waals surface area contributed by atoms with Gasteiger partial charge in [-0.1, -0.05) is 73.8 Å². The predicted molar refractivity (Wildman–Crippen MR) is 136 cm³/mol. The first kappa shape index (κ1) is 24.3. The van der Waals surface area contributed by atoms with Gasteiger partial charge in [0.1, 0.15) is 5.82 Å². The summed E-state index contributed by atoms with van der Waals surface area (Å²) in [6.45, 7) is 4.64. The van der Waals surface area contributed by atoms with E-state index in [0.717, 1.165) is 24.8 Å². The molecule has 0 bridgehead atoms. The van der Waals surface area contributed by atoms with E-state index in [1.54, 1.807) is 27.8 Å². The van der Waals surface area contributed by atoms with Crippen LogP contribution in [0.15, 0.2) is 54.6 Å². The van der Waals surface area contributed by atoms with Gasteiger partial charge in [0, 0.05) is 24.1 Å². The number of carbonyl (C=O) groups excluding carboxylic acids is 2. The van der Waals surface area contributed by atoms with Crippen molar-refractivity contribution in [3.05, 3.63) is 64.6 Å². The van der Waals surface area contributed by atoms with E-state index in [4.69, 9.17) is 28.3 Å². The second-order valence-electron chi connectivity index (χ2n) is 9.08. The average Bonchev–Trinajstić information content (AvgIpc) is 3.18. The molecule has 1 heterocycles. The van der Waals surface area contributed by atoms with E-state index < -0.39 is 0 Å². The van der Waals surface area contributed by atoms with Gasteiger partial charge in [-0.15, -0.1) is 0 Å². The van der Waals surface area contributed by atoms with Crippen LogP contribution < -0.4 is 5.32 Å². The molecule has 0 unspecified atom stereocenters. The van der Waals surface area contributed by atoms with Gasteiger partial charge in [-0.2, -0.15) is 5.10 Å². The molecule has 0 saturated heterocycles. The second kappa shape index (κ2) is 10.6. The van der Waals surface area contributed by atoms with Crippen LogP contribution in [0.4, 0.5) is 5.82 Å². The highest BCUT2D eigenvalue weighted by Gasteiger charge is 2.31. The minimum absolute atomic E-state index is 0.000732. The Morgan fingerprint density at radius 3 is 2.44 bits per heavy atom. The van der Waals surface area contributed by atoms with E-state index >= 15 is 0 Å². The van der Waals surface area contributed by atoms with Gasteiger partial charge in [0.2, 0.25) is 11.8 Å². The third-order valence-electron chi connectivity index (χ3n) is 5.88. The molecule has 1 N–H and O–H groups in total. The lowest BCUT2D eigenvalue weighted by Crippen LogP contribution is -2.44. The van der Waals surface area contributed by atoms with E-state index in [-0.39, 0.29) is 30.2 Å². The number of rotatable bonds is 8. The first-order valence-corrected chi connectivity index (χ1v) is 12.3. The standard InChI is InChI=1S/C26H28Cl2N4O2/c1-17(2)15-31(26(34)19-9-6-10-19)16-25(33)29-24-14-23(18-7-4-3-5-8-18)30-32(24)20-11-12-21(27)22(28)13-20/h3-5,7-8,11-14,17,19H,6,9-10,15-16H2,1-2H3,(H,29,33). The van der Waals surface area contributed by atoms with Crippen molar-refractivity contribution in [2.24, 2.45) is 11.8 Å². The van der Waals surface area contributed by atoms with Crippen molar-refractivity contribution in [1.82, 2.24) is 14.7 Å². The highest BCUT2D eigenvalue weighted by molar-refractivity contribution is 6.42. The monoisotopic (exact) mass is 498 g/mol. The third kappa shape index (κ3) is 5.62. The molecule has 1 saturated carbocycles. The van der Waals surface area contributed by atoms with Crippen LogP contribution in [-0.2, 0) is 9.59 Å². The SMILES string of the molecule is CC(C)CN(CC(=O)Nc1cc(-c2ccccc2)nn1-c1ccc(Cl)c(Cl)c1)C(=O)C1CCC1. The summed E-state index contributed by atoms with van der Waals surface area (Å²) >= 11 is 12.3. The second-order valence-corrected chi connectivity index (χ2v) is 9.89. The molecule has 1 aliphatic carbocycles. The fraction of sp³-hybridized carbons (Fsp3) is 0.346. The largest absolute Gasteiger partial charge is 0.333 e. The van der Waals surface area contributed by atoms with Gasteiger partial charge in [0.25, 0.3) is 0 Å². The maximum Gasteiger partial charge on any atom is 0.245 e. The summed E-state index contributed by atoms with van der Waals surface area (Å²) in [7, 11) is 0. The van der Waals surface area contributed by atoms with E-state index in [1.807, 2.05) is 50.2 Å². The van der Waals surface area contributed by atoms with Crippen LogP contribution in [0.5, 0.6) is 0 Å². The molecular weight excluding hydrogens is 471 g/mol. The molecule has 0 atom stereocenters. The van der Waals surface area contributed by atoms with Crippen molar-refractivity contribution in [1.29, 1.82) is 0 Å². The van der Waals surface area contributed by atoms with E-state index in [0.29, 0.717) is 33.8 Å². The summed E-state index contributed by atoms with van der Waals surface area (Å²) in [5.41, 5.74) is 2.28. The molecule has 1 aliphatic rings. The molecule has 178 valence electrons. The van der Waals surface area contributed by atoms with Gasteiger partial charge >= 0.3 is 0 Å². The molecule has 0 spiro atoms. The van der Waals surface area contributed by atoms with Crippen LogP contribution in [-0.4, -0.2) is 39.6 Å². The smallest absolute Gasteiger partial charge is 0.245 e. The minimum Gasteiger partial charge on any atom is -0.333 e. The molecule has 0 aliphatic heterocycles. The van der Waals surface area contributed by atoms with Gasteiger partial charge in [0.15, 0.2) is 0 Å². The predicted octanol–water partition coefficient (Wildman–Crippen LogP) is 6.07. The number of hydrogen-bond acceptors (Lipinski definition) is 3. The summed E-state index contributed by atoms with van der Waals surface area (Å²) in [5.74, 6) is 0.594. The van der Waals surface area contributed by atoms with Crippen LogP contribution in [0, 0.1) is 11.8 Å². The Kier molecular flexibility index (Phi) is 7.59. The zero-order chi connectivity index (χ0) is 24.2. The molecule has 2 aromatic carbocycles. The molecule has 0 radical (unpaired) electrons. The number of nitrogens with zero attached hydrogens (tertiary/aromatic N) is 3. The van der Waals surface area contributed by atoms with Gasteiger partial charge in [-0.3, -0.25) is 9.59 Å². The van der Waals surface area contributed by atoms with Crippen molar-refractivity contribution in [2.45, 2.75) is 33.1 Å². The van der Waals surface area contributed by atoms with Crippen molar-refractivity contribution in [3.8, 4) is 16.9 Å². The molecule has 4 rings (SSSR count). The van der Waals surface area contributed by atoms with Gasteiger partial charge in [0.05, 0.1) is 28.0 Å². The summed E-state index contributed by atoms with van der Waals surface area (Å²) in [6.07, 6.45) is 2.88. The van der Waals surface area contributed by atoms with Crippen molar-refractivity contribution < 1.29 is 9.59 Å². The highest BCUT2D eigenvalue weighted by Crippen LogP contribution is 2.30. The maximum absolute atomic E-state index is 13.1. The van der Waals surface area contributed by atoms with Crippen LogP contribution in [0.25, 0.3) is 16.9 Å². The van der Waals surface area contributed by atoms with Crippen LogP contribution in [0.3, 0.4) is 0 Å². The average molecular weight is 499 g/mol. The Hall–Kier alpha value is -2.83. The lowest BCUT2D eigenvalue weighted by atomic mass is 9.84. The summed E-state index contributed by atoms with van der Waals surface area (Å²) in [4.78, 5) is 27.7. The summed E-state index contributed by atoms with van der Waals surface area (Å²) in [5, 5.41) is 8.49.